The third-order valence-corrected chi connectivity index (χ3v) is 5.88. The molecule has 0 radical (unpaired) electrons. The molecule has 10 heteroatoms. The van der Waals surface area contributed by atoms with Crippen molar-refractivity contribution in [3.05, 3.63) is 88.6 Å². The van der Waals surface area contributed by atoms with Gasteiger partial charge in [0, 0.05) is 45.0 Å². The van der Waals surface area contributed by atoms with Crippen molar-refractivity contribution in [3.63, 3.8) is 0 Å². The van der Waals surface area contributed by atoms with Crippen LogP contribution in [0, 0.1) is 6.92 Å². The number of aryl methyl sites for hydroxylation is 1. The van der Waals surface area contributed by atoms with E-state index in [-0.39, 0.29) is 22.4 Å². The quantitative estimate of drug-likeness (QED) is 0.261. The molecule has 0 unspecified atom stereocenters. The van der Waals surface area contributed by atoms with Gasteiger partial charge in [-0.2, -0.15) is 0 Å². The second-order valence-electron chi connectivity index (χ2n) is 8.82. The lowest BCUT2D eigenvalue weighted by molar-refractivity contribution is -0.274. The van der Waals surface area contributed by atoms with E-state index < -0.39 is 29.5 Å². The summed E-state index contributed by atoms with van der Waals surface area (Å²) >= 11 is 5.91. The standard InChI is InChI=1S/C27H21ClF3NO5/c1-15-11-21-22(24(33)16-7-9-17(28)10-8-16)13-20(37-27(29,30)31)14-23(21)32(15)18-5-4-6-19(12-18)36-26(2,3)25(34)35/h4-14H,1-3H3,(H,34,35). The van der Waals surface area contributed by atoms with Gasteiger partial charge < -0.3 is 19.1 Å². The van der Waals surface area contributed by atoms with E-state index in [0.717, 1.165) is 6.07 Å². The van der Waals surface area contributed by atoms with Crippen molar-refractivity contribution in [2.24, 2.45) is 0 Å². The van der Waals surface area contributed by atoms with Crippen LogP contribution in [0.1, 0.15) is 35.5 Å². The van der Waals surface area contributed by atoms with Crippen LogP contribution in [0.5, 0.6) is 11.5 Å². The number of nitrogens with zero attached hydrogens (tertiary/aromatic N) is 1. The molecule has 3 aromatic carbocycles. The Morgan fingerprint density at radius 3 is 2.22 bits per heavy atom. The van der Waals surface area contributed by atoms with Gasteiger partial charge in [-0.25, -0.2) is 4.79 Å². The van der Waals surface area contributed by atoms with Crippen molar-refractivity contribution < 1.29 is 37.3 Å². The molecule has 0 aliphatic carbocycles. The number of hydrogen-bond acceptors (Lipinski definition) is 4. The molecule has 0 saturated heterocycles. The Balaban J connectivity index is 1.90. The highest BCUT2D eigenvalue weighted by molar-refractivity contribution is 6.30. The first-order chi connectivity index (χ1) is 17.2. The van der Waals surface area contributed by atoms with Crippen LogP contribution in [-0.4, -0.2) is 33.4 Å². The smallest absolute Gasteiger partial charge is 0.478 e. The first-order valence-electron chi connectivity index (χ1n) is 11.0. The van der Waals surface area contributed by atoms with Crippen molar-refractivity contribution in [1.82, 2.24) is 4.57 Å². The number of benzene rings is 3. The molecule has 37 heavy (non-hydrogen) atoms. The summed E-state index contributed by atoms with van der Waals surface area (Å²) < 4.78 is 50.9. The number of alkyl halides is 3. The number of carboxylic acid groups (broad SMARTS) is 1. The fourth-order valence-electron chi connectivity index (χ4n) is 3.92. The summed E-state index contributed by atoms with van der Waals surface area (Å²) in [6.45, 7) is 4.52. The number of carbonyl (C=O) groups excluding carboxylic acids is 1. The molecule has 0 fully saturated rings. The summed E-state index contributed by atoms with van der Waals surface area (Å²) in [4.78, 5) is 24.8. The highest BCUT2D eigenvalue weighted by Gasteiger charge is 2.32. The molecule has 6 nitrogen and oxygen atoms in total. The van der Waals surface area contributed by atoms with Gasteiger partial charge >= 0.3 is 12.3 Å². The van der Waals surface area contributed by atoms with E-state index in [1.165, 1.54) is 44.2 Å². The molecule has 0 bridgehead atoms. The Kier molecular flexibility index (Phi) is 6.68. The van der Waals surface area contributed by atoms with Gasteiger partial charge in [-0.3, -0.25) is 4.79 Å². The number of halogens is 4. The van der Waals surface area contributed by atoms with Gasteiger partial charge in [0.15, 0.2) is 11.4 Å². The van der Waals surface area contributed by atoms with Gasteiger partial charge in [0.25, 0.3) is 0 Å². The minimum atomic E-state index is -4.98. The number of aromatic nitrogens is 1. The summed E-state index contributed by atoms with van der Waals surface area (Å²) in [6, 6.07) is 16.4. The zero-order valence-electron chi connectivity index (χ0n) is 19.9. The van der Waals surface area contributed by atoms with E-state index in [2.05, 4.69) is 4.74 Å². The molecule has 1 N–H and O–H groups in total. The number of carbonyl (C=O) groups is 2. The Morgan fingerprint density at radius 1 is 0.919 bits per heavy atom. The molecular weight excluding hydrogens is 511 g/mol. The summed E-state index contributed by atoms with van der Waals surface area (Å²) in [5.41, 5.74) is 0.121. The van der Waals surface area contributed by atoms with Crippen LogP contribution in [0.3, 0.4) is 0 Å². The summed E-state index contributed by atoms with van der Waals surface area (Å²) in [7, 11) is 0. The number of rotatable bonds is 7. The van der Waals surface area contributed by atoms with Crippen LogP contribution < -0.4 is 9.47 Å². The van der Waals surface area contributed by atoms with Gasteiger partial charge in [0.05, 0.1) is 5.52 Å². The maximum Gasteiger partial charge on any atom is 0.573 e. The van der Waals surface area contributed by atoms with Crippen molar-refractivity contribution in [1.29, 1.82) is 0 Å². The number of ketones is 1. The lowest BCUT2D eigenvalue weighted by Gasteiger charge is -2.22. The molecule has 192 valence electrons. The zero-order chi connectivity index (χ0) is 27.1. The number of ether oxygens (including phenoxy) is 2. The Bertz CT molecular complexity index is 1510. The van der Waals surface area contributed by atoms with Crippen LogP contribution >= 0.6 is 11.6 Å². The van der Waals surface area contributed by atoms with Crippen LogP contribution in [0.2, 0.25) is 5.02 Å². The van der Waals surface area contributed by atoms with E-state index in [4.69, 9.17) is 16.3 Å². The molecule has 0 aliphatic rings. The predicted octanol–water partition coefficient (Wildman–Crippen LogP) is 6.96. The lowest BCUT2D eigenvalue weighted by Crippen LogP contribution is -2.37. The van der Waals surface area contributed by atoms with Gasteiger partial charge in [-0.05, 0) is 69.3 Å². The Hall–Kier alpha value is -3.98. The molecule has 0 amide bonds. The van der Waals surface area contributed by atoms with Gasteiger partial charge in [-0.1, -0.05) is 17.7 Å². The SMILES string of the molecule is Cc1cc2c(C(=O)c3ccc(Cl)cc3)cc(OC(F)(F)F)cc2n1-c1cccc(OC(C)(C)C(=O)O)c1. The highest BCUT2D eigenvalue weighted by atomic mass is 35.5. The fourth-order valence-corrected chi connectivity index (χ4v) is 4.04. The number of carboxylic acids is 1. The lowest BCUT2D eigenvalue weighted by atomic mass is 9.99. The molecule has 1 aromatic heterocycles. The number of hydrogen-bond donors (Lipinski definition) is 1. The van der Waals surface area contributed by atoms with Crippen LogP contribution in [0.4, 0.5) is 13.2 Å². The second kappa shape index (κ2) is 9.48. The highest BCUT2D eigenvalue weighted by Crippen LogP contribution is 2.35. The maximum atomic E-state index is 13.4. The van der Waals surface area contributed by atoms with E-state index in [1.54, 1.807) is 41.8 Å². The first kappa shape index (κ1) is 26.1. The zero-order valence-corrected chi connectivity index (χ0v) is 20.6. The van der Waals surface area contributed by atoms with Crippen molar-refractivity contribution in [2.75, 3.05) is 0 Å². The molecule has 4 rings (SSSR count). The largest absolute Gasteiger partial charge is 0.573 e. The molecule has 0 aliphatic heterocycles. The topological polar surface area (TPSA) is 77.8 Å². The average Bonchev–Trinajstić information content (AvgIpc) is 3.13. The molecule has 0 saturated carbocycles. The maximum absolute atomic E-state index is 13.4. The molecule has 0 atom stereocenters. The third-order valence-electron chi connectivity index (χ3n) is 5.63. The minimum absolute atomic E-state index is 0.0142. The average molecular weight is 532 g/mol. The monoisotopic (exact) mass is 531 g/mol. The number of aliphatic carboxylic acids is 1. The molecule has 4 aromatic rings. The summed E-state index contributed by atoms with van der Waals surface area (Å²) in [6.07, 6.45) is -4.98. The summed E-state index contributed by atoms with van der Waals surface area (Å²) in [5.74, 6) is -1.99. The van der Waals surface area contributed by atoms with Crippen LogP contribution in [0.15, 0.2) is 66.7 Å². The second-order valence-corrected chi connectivity index (χ2v) is 9.26. The molecule has 1 heterocycles. The van der Waals surface area contributed by atoms with Gasteiger partial charge in [0.2, 0.25) is 0 Å². The predicted molar refractivity (Wildman–Crippen MR) is 132 cm³/mol. The Morgan fingerprint density at radius 2 is 1.59 bits per heavy atom. The third kappa shape index (κ3) is 5.56. The normalized spacial score (nSPS) is 12.0. The van der Waals surface area contributed by atoms with Crippen LogP contribution in [0.25, 0.3) is 16.6 Å². The minimum Gasteiger partial charge on any atom is -0.478 e. The Labute approximate surface area is 214 Å². The van der Waals surface area contributed by atoms with Crippen LogP contribution in [-0.2, 0) is 4.79 Å². The van der Waals surface area contributed by atoms with Crippen molar-refractivity contribution >= 4 is 34.3 Å². The van der Waals surface area contributed by atoms with Gasteiger partial charge in [-0.15, -0.1) is 13.2 Å². The number of fused-ring (bicyclic) bond motifs is 1. The molecular formula is C27H21ClF3NO5. The van der Waals surface area contributed by atoms with Crippen molar-refractivity contribution in [2.45, 2.75) is 32.7 Å². The summed E-state index contributed by atoms with van der Waals surface area (Å²) in [5, 5.41) is 10.2. The van der Waals surface area contributed by atoms with E-state index >= 15 is 0 Å². The van der Waals surface area contributed by atoms with Gasteiger partial charge in [0.1, 0.15) is 11.5 Å². The van der Waals surface area contributed by atoms with E-state index in [0.29, 0.717) is 21.8 Å². The first-order valence-corrected chi connectivity index (χ1v) is 11.4. The fraction of sp³-hybridized carbons (Fsp3) is 0.185. The van der Waals surface area contributed by atoms with E-state index in [1.807, 2.05) is 0 Å². The van der Waals surface area contributed by atoms with Crippen molar-refractivity contribution in [3.8, 4) is 17.2 Å². The molecule has 0 spiro atoms. The van der Waals surface area contributed by atoms with E-state index in [9.17, 15) is 27.9 Å².